The summed E-state index contributed by atoms with van der Waals surface area (Å²) in [6.07, 6.45) is 7.41. The fourth-order valence-corrected chi connectivity index (χ4v) is 4.24. The molecule has 1 atom stereocenters. The third-order valence-corrected chi connectivity index (χ3v) is 5.85. The van der Waals surface area contributed by atoms with E-state index in [-0.39, 0.29) is 17.5 Å². The maximum atomic E-state index is 11.3. The predicted octanol–water partition coefficient (Wildman–Crippen LogP) is 4.82. The van der Waals surface area contributed by atoms with E-state index in [9.17, 15) is 4.79 Å². The van der Waals surface area contributed by atoms with Gasteiger partial charge in [-0.3, -0.25) is 9.69 Å². The highest BCUT2D eigenvalue weighted by Gasteiger charge is 2.37. The lowest BCUT2D eigenvalue weighted by atomic mass is 9.74. The number of hydrogen-bond acceptors (Lipinski definition) is 2. The summed E-state index contributed by atoms with van der Waals surface area (Å²) in [5.74, 6) is 0.623. The number of rotatable bonds is 7. The van der Waals surface area contributed by atoms with Crippen LogP contribution in [0.5, 0.6) is 0 Å². The number of carbonyl (C=O) groups is 1. The predicted molar refractivity (Wildman–Crippen MR) is 106 cm³/mol. The van der Waals surface area contributed by atoms with Crippen LogP contribution in [0.1, 0.15) is 83.3 Å². The Kier molecular flexibility index (Phi) is 7.06. The van der Waals surface area contributed by atoms with E-state index in [1.165, 1.54) is 43.2 Å². The Balaban J connectivity index is 2.19. The number of amides is 1. The first-order valence-corrected chi connectivity index (χ1v) is 9.94. The zero-order chi connectivity index (χ0) is 18.4. The van der Waals surface area contributed by atoms with Crippen LogP contribution >= 0.6 is 0 Å². The molecule has 1 aromatic carbocycles. The van der Waals surface area contributed by atoms with Gasteiger partial charge in [-0.2, -0.15) is 0 Å². The molecule has 2 rings (SSSR count). The van der Waals surface area contributed by atoms with E-state index in [2.05, 4.69) is 62.3 Å². The van der Waals surface area contributed by atoms with Gasteiger partial charge >= 0.3 is 0 Å². The summed E-state index contributed by atoms with van der Waals surface area (Å²) in [5.41, 5.74) is 3.06. The average molecular weight is 345 g/mol. The molecule has 1 amide bonds. The van der Waals surface area contributed by atoms with Crippen molar-refractivity contribution >= 4 is 5.91 Å². The van der Waals surface area contributed by atoms with Gasteiger partial charge in [0.15, 0.2) is 0 Å². The summed E-state index contributed by atoms with van der Waals surface area (Å²) in [6, 6.07) is 9.47. The molecule has 0 heterocycles. The summed E-state index contributed by atoms with van der Waals surface area (Å²) < 4.78 is 0. The molecule has 0 spiro atoms. The largest absolute Gasteiger partial charge is 0.354 e. The summed E-state index contributed by atoms with van der Waals surface area (Å²) in [4.78, 5) is 13.8. The first-order valence-electron chi connectivity index (χ1n) is 9.94. The fraction of sp³-hybridized carbons (Fsp3) is 0.682. The molecule has 0 radical (unpaired) electrons. The molecule has 0 bridgehead atoms. The van der Waals surface area contributed by atoms with Crippen LogP contribution in [0.25, 0.3) is 0 Å². The highest BCUT2D eigenvalue weighted by Crippen LogP contribution is 2.42. The molecule has 1 N–H and O–H groups in total. The second kappa shape index (κ2) is 8.84. The van der Waals surface area contributed by atoms with Gasteiger partial charge in [-0.25, -0.2) is 0 Å². The van der Waals surface area contributed by atoms with Crippen LogP contribution in [0.15, 0.2) is 24.3 Å². The Labute approximate surface area is 154 Å². The number of nitrogens with zero attached hydrogens (tertiary/aromatic N) is 1. The first-order chi connectivity index (χ1) is 11.8. The van der Waals surface area contributed by atoms with Crippen molar-refractivity contribution in [3.63, 3.8) is 0 Å². The molecule has 1 fully saturated rings. The zero-order valence-electron chi connectivity index (χ0n) is 16.8. The van der Waals surface area contributed by atoms with E-state index in [4.69, 9.17) is 0 Å². The number of carbonyl (C=O) groups excluding carboxylic acids is 1. The van der Waals surface area contributed by atoms with E-state index >= 15 is 0 Å². The summed E-state index contributed by atoms with van der Waals surface area (Å²) in [6.45, 7) is 9.24. The van der Waals surface area contributed by atoms with Gasteiger partial charge in [0.25, 0.3) is 0 Å². The number of hydrogen-bond donors (Lipinski definition) is 1. The van der Waals surface area contributed by atoms with Crippen LogP contribution in [0.2, 0.25) is 0 Å². The van der Waals surface area contributed by atoms with Gasteiger partial charge in [-0.15, -0.1) is 0 Å². The van der Waals surface area contributed by atoms with Gasteiger partial charge < -0.3 is 5.32 Å². The van der Waals surface area contributed by atoms with Gasteiger partial charge in [0.2, 0.25) is 5.91 Å². The molecule has 0 aliphatic heterocycles. The van der Waals surface area contributed by atoms with Crippen LogP contribution in [0.4, 0.5) is 0 Å². The van der Waals surface area contributed by atoms with Crippen molar-refractivity contribution in [2.45, 2.75) is 83.7 Å². The third kappa shape index (κ3) is 5.07. The lowest BCUT2D eigenvalue weighted by molar-refractivity contribution is -0.119. The van der Waals surface area contributed by atoms with Crippen LogP contribution in [-0.4, -0.2) is 30.4 Å². The Bertz CT molecular complexity index is 561. The molecule has 0 saturated heterocycles. The lowest BCUT2D eigenvalue weighted by Gasteiger charge is -2.46. The van der Waals surface area contributed by atoms with Crippen LogP contribution in [-0.2, 0) is 10.3 Å². The van der Waals surface area contributed by atoms with E-state index in [0.29, 0.717) is 5.92 Å². The van der Waals surface area contributed by atoms with E-state index in [1.54, 1.807) is 6.92 Å². The molecule has 140 valence electrons. The second-order valence-electron chi connectivity index (χ2n) is 8.18. The summed E-state index contributed by atoms with van der Waals surface area (Å²) in [7, 11) is 2.27. The topological polar surface area (TPSA) is 32.3 Å². The van der Waals surface area contributed by atoms with E-state index in [1.807, 2.05) is 0 Å². The lowest BCUT2D eigenvalue weighted by Crippen LogP contribution is -2.47. The van der Waals surface area contributed by atoms with Gasteiger partial charge in [-0.1, -0.05) is 57.4 Å². The normalized spacial score (nSPS) is 18.4. The fourth-order valence-electron chi connectivity index (χ4n) is 4.24. The minimum absolute atomic E-state index is 0.0622. The minimum Gasteiger partial charge on any atom is -0.354 e. The molecule has 1 aliphatic rings. The van der Waals surface area contributed by atoms with Crippen molar-refractivity contribution in [1.82, 2.24) is 10.2 Å². The third-order valence-electron chi connectivity index (χ3n) is 5.85. The highest BCUT2D eigenvalue weighted by molar-refractivity contribution is 5.73. The maximum Gasteiger partial charge on any atom is 0.217 e. The van der Waals surface area contributed by atoms with Crippen molar-refractivity contribution in [1.29, 1.82) is 0 Å². The molecular weight excluding hydrogens is 308 g/mol. The minimum atomic E-state index is 0.0622. The quantitative estimate of drug-likeness (QED) is 0.769. The van der Waals surface area contributed by atoms with Crippen molar-refractivity contribution in [2.75, 3.05) is 13.6 Å². The van der Waals surface area contributed by atoms with Crippen molar-refractivity contribution < 1.29 is 4.79 Å². The van der Waals surface area contributed by atoms with Gasteiger partial charge in [-0.05, 0) is 50.3 Å². The van der Waals surface area contributed by atoms with Gasteiger partial charge in [0.05, 0.1) is 0 Å². The van der Waals surface area contributed by atoms with Crippen LogP contribution in [0, 0.1) is 0 Å². The van der Waals surface area contributed by atoms with Crippen LogP contribution in [0.3, 0.4) is 0 Å². The van der Waals surface area contributed by atoms with E-state index in [0.717, 1.165) is 13.0 Å². The van der Waals surface area contributed by atoms with E-state index < -0.39 is 0 Å². The number of nitrogens with one attached hydrogen (secondary N) is 1. The van der Waals surface area contributed by atoms with Gasteiger partial charge in [0.1, 0.15) is 0 Å². The Morgan fingerprint density at radius 1 is 1.20 bits per heavy atom. The van der Waals surface area contributed by atoms with Crippen molar-refractivity contribution in [2.24, 2.45) is 0 Å². The van der Waals surface area contributed by atoms with Crippen molar-refractivity contribution in [3.8, 4) is 0 Å². The van der Waals surface area contributed by atoms with Gasteiger partial charge in [0, 0.05) is 25.0 Å². The maximum absolute atomic E-state index is 11.3. The smallest absolute Gasteiger partial charge is 0.217 e. The highest BCUT2D eigenvalue weighted by atomic mass is 16.1. The molecule has 1 aromatic rings. The Morgan fingerprint density at radius 2 is 1.88 bits per heavy atom. The number of benzene rings is 1. The second-order valence-corrected chi connectivity index (χ2v) is 8.18. The summed E-state index contributed by atoms with van der Waals surface area (Å²) >= 11 is 0. The molecule has 1 saturated carbocycles. The standard InChI is InChI=1S/C22H36N2O/c1-17(2)20-10-9-11-21(16-20)22(13-7-6-8-14-22)24(5)15-12-18(3)23-19(4)25/h9-11,16-18H,6-8,12-15H2,1-5H3,(H,23,25)/t18-/m0/s1. The molecule has 1 aliphatic carbocycles. The first kappa shape index (κ1) is 20.0. The molecule has 3 nitrogen and oxygen atoms in total. The Morgan fingerprint density at radius 3 is 2.48 bits per heavy atom. The average Bonchev–Trinajstić information content (AvgIpc) is 2.59. The SMILES string of the molecule is CC(=O)N[C@@H](C)CCN(C)C1(c2cccc(C(C)C)c2)CCCCC1. The van der Waals surface area contributed by atoms with Crippen LogP contribution < -0.4 is 5.32 Å². The molecule has 0 aromatic heterocycles. The Hall–Kier alpha value is -1.35. The molecule has 25 heavy (non-hydrogen) atoms. The zero-order valence-corrected chi connectivity index (χ0v) is 16.8. The summed E-state index contributed by atoms with van der Waals surface area (Å²) in [5, 5.41) is 3.01. The van der Waals surface area contributed by atoms with Crippen molar-refractivity contribution in [3.05, 3.63) is 35.4 Å². The molecule has 0 unspecified atom stereocenters. The molecular formula is C22H36N2O. The monoisotopic (exact) mass is 344 g/mol. The molecule has 3 heteroatoms.